The lowest BCUT2D eigenvalue weighted by atomic mass is 9.76. The van der Waals surface area contributed by atoms with Gasteiger partial charge in [0.25, 0.3) is 0 Å². The second kappa shape index (κ2) is 2.42. The van der Waals surface area contributed by atoms with Crippen LogP contribution in [0.2, 0.25) is 0 Å². The van der Waals surface area contributed by atoms with E-state index in [0.29, 0.717) is 10.8 Å². The summed E-state index contributed by atoms with van der Waals surface area (Å²) in [5.41, 5.74) is 4.39. The summed E-state index contributed by atoms with van der Waals surface area (Å²) >= 11 is 0. The van der Waals surface area contributed by atoms with Gasteiger partial charge < -0.3 is 0 Å². The maximum atomic E-state index is 2.43. The van der Waals surface area contributed by atoms with Crippen molar-refractivity contribution in [2.75, 3.05) is 0 Å². The highest BCUT2D eigenvalue weighted by atomic mass is 14.7. The van der Waals surface area contributed by atoms with Gasteiger partial charge in [-0.25, -0.2) is 0 Å². The standard InChI is InChI=1S/C14H18/c1-13(2)10-14(13)9-5-7-11-6-3-4-8-12(11)14/h3-4,6,8H,5,7,9-10H2,1-2H3. The highest BCUT2D eigenvalue weighted by Crippen LogP contribution is 2.68. The Labute approximate surface area is 86.3 Å². The smallest absolute Gasteiger partial charge is 0.00127 e. The van der Waals surface area contributed by atoms with Crippen LogP contribution in [0.15, 0.2) is 24.3 Å². The van der Waals surface area contributed by atoms with Crippen LogP contribution < -0.4 is 0 Å². The molecule has 14 heavy (non-hydrogen) atoms. The third-order valence-corrected chi connectivity index (χ3v) is 4.50. The van der Waals surface area contributed by atoms with Gasteiger partial charge in [-0.3, -0.25) is 0 Å². The molecular formula is C14H18. The van der Waals surface area contributed by atoms with Crippen LogP contribution in [0.1, 0.15) is 44.2 Å². The molecule has 74 valence electrons. The number of hydrogen-bond donors (Lipinski definition) is 0. The van der Waals surface area contributed by atoms with Gasteiger partial charge in [0.05, 0.1) is 0 Å². The zero-order chi connectivity index (χ0) is 9.81. The molecule has 0 saturated heterocycles. The normalized spacial score (nSPS) is 32.7. The third-order valence-electron chi connectivity index (χ3n) is 4.50. The van der Waals surface area contributed by atoms with Gasteiger partial charge in [-0.1, -0.05) is 38.1 Å². The molecule has 0 N–H and O–H groups in total. The number of rotatable bonds is 0. The molecule has 1 spiro atoms. The summed E-state index contributed by atoms with van der Waals surface area (Å²) in [6.45, 7) is 4.85. The largest absolute Gasteiger partial charge is 0.0620 e. The van der Waals surface area contributed by atoms with Gasteiger partial charge in [-0.05, 0) is 42.2 Å². The molecule has 0 aliphatic heterocycles. The second-order valence-electron chi connectivity index (χ2n) is 5.65. The van der Waals surface area contributed by atoms with Gasteiger partial charge in [-0.15, -0.1) is 0 Å². The molecule has 1 unspecified atom stereocenters. The van der Waals surface area contributed by atoms with Crippen LogP contribution >= 0.6 is 0 Å². The first-order chi connectivity index (χ1) is 6.66. The minimum atomic E-state index is 0.557. The van der Waals surface area contributed by atoms with Crippen LogP contribution in [-0.4, -0.2) is 0 Å². The predicted molar refractivity (Wildman–Crippen MR) is 59.5 cm³/mol. The van der Waals surface area contributed by atoms with Crippen LogP contribution in [0.5, 0.6) is 0 Å². The van der Waals surface area contributed by atoms with E-state index in [4.69, 9.17) is 0 Å². The van der Waals surface area contributed by atoms with Crippen molar-refractivity contribution in [1.82, 2.24) is 0 Å². The molecule has 1 fully saturated rings. The molecule has 0 nitrogen and oxygen atoms in total. The van der Waals surface area contributed by atoms with Gasteiger partial charge in [0, 0.05) is 5.41 Å². The maximum absolute atomic E-state index is 2.43. The van der Waals surface area contributed by atoms with Crippen molar-refractivity contribution >= 4 is 0 Å². The summed E-state index contributed by atoms with van der Waals surface area (Å²) in [5.74, 6) is 0. The zero-order valence-corrected chi connectivity index (χ0v) is 9.14. The Morgan fingerprint density at radius 3 is 2.57 bits per heavy atom. The first kappa shape index (κ1) is 8.52. The van der Waals surface area contributed by atoms with Crippen LogP contribution in [0.25, 0.3) is 0 Å². The van der Waals surface area contributed by atoms with E-state index in [1.54, 1.807) is 11.1 Å². The van der Waals surface area contributed by atoms with Crippen LogP contribution in [0.3, 0.4) is 0 Å². The van der Waals surface area contributed by atoms with Gasteiger partial charge in [0.15, 0.2) is 0 Å². The number of fused-ring (bicyclic) bond motifs is 2. The summed E-state index contributed by atoms with van der Waals surface area (Å²) < 4.78 is 0. The molecular weight excluding hydrogens is 168 g/mol. The Balaban J connectivity index is 2.14. The van der Waals surface area contributed by atoms with Gasteiger partial charge in [-0.2, -0.15) is 0 Å². The highest BCUT2D eigenvalue weighted by Gasteiger charge is 2.62. The first-order valence-electron chi connectivity index (χ1n) is 5.74. The van der Waals surface area contributed by atoms with Crippen molar-refractivity contribution in [2.24, 2.45) is 5.41 Å². The minimum absolute atomic E-state index is 0.557. The number of hydrogen-bond acceptors (Lipinski definition) is 0. The average Bonchev–Trinajstić information content (AvgIpc) is 2.70. The SMILES string of the molecule is CC1(C)CC12CCCc1ccccc12. The van der Waals surface area contributed by atoms with Gasteiger partial charge in [0.2, 0.25) is 0 Å². The average molecular weight is 186 g/mol. The van der Waals surface area contributed by atoms with E-state index in [0.717, 1.165) is 0 Å². The molecule has 0 heterocycles. The molecule has 3 rings (SSSR count). The van der Waals surface area contributed by atoms with Crippen molar-refractivity contribution in [3.8, 4) is 0 Å². The summed E-state index contributed by atoms with van der Waals surface area (Å²) in [5, 5.41) is 0. The first-order valence-corrected chi connectivity index (χ1v) is 5.74. The van der Waals surface area contributed by atoms with E-state index in [1.807, 2.05) is 0 Å². The van der Waals surface area contributed by atoms with E-state index in [9.17, 15) is 0 Å². The number of aryl methyl sites for hydroxylation is 1. The predicted octanol–water partition coefficient (Wildman–Crippen LogP) is 3.69. The van der Waals surface area contributed by atoms with Crippen molar-refractivity contribution < 1.29 is 0 Å². The van der Waals surface area contributed by atoms with Crippen molar-refractivity contribution in [3.05, 3.63) is 35.4 Å². The lowest BCUT2D eigenvalue weighted by molar-refractivity contribution is 0.432. The van der Waals surface area contributed by atoms with E-state index in [2.05, 4.69) is 38.1 Å². The Morgan fingerprint density at radius 1 is 1.14 bits per heavy atom. The number of benzene rings is 1. The van der Waals surface area contributed by atoms with Gasteiger partial charge >= 0.3 is 0 Å². The maximum Gasteiger partial charge on any atom is 0.00127 e. The quantitative estimate of drug-likeness (QED) is 0.579. The molecule has 1 saturated carbocycles. The fourth-order valence-corrected chi connectivity index (χ4v) is 3.52. The van der Waals surface area contributed by atoms with Crippen molar-refractivity contribution in [1.29, 1.82) is 0 Å². The molecule has 0 heteroatoms. The lowest BCUT2D eigenvalue weighted by Gasteiger charge is -2.28. The fourth-order valence-electron chi connectivity index (χ4n) is 3.52. The Bertz CT molecular complexity index is 375. The highest BCUT2D eigenvalue weighted by molar-refractivity contribution is 5.44. The van der Waals surface area contributed by atoms with Crippen molar-refractivity contribution in [2.45, 2.75) is 44.9 Å². The summed E-state index contributed by atoms with van der Waals surface area (Å²) in [6, 6.07) is 9.08. The van der Waals surface area contributed by atoms with E-state index >= 15 is 0 Å². The monoisotopic (exact) mass is 186 g/mol. The van der Waals surface area contributed by atoms with E-state index < -0.39 is 0 Å². The van der Waals surface area contributed by atoms with E-state index in [1.165, 1.54) is 25.7 Å². The Hall–Kier alpha value is -0.780. The molecule has 0 amide bonds. The second-order valence-corrected chi connectivity index (χ2v) is 5.65. The molecule has 1 atom stereocenters. The molecule has 2 aliphatic carbocycles. The minimum Gasteiger partial charge on any atom is -0.0620 e. The van der Waals surface area contributed by atoms with Crippen LogP contribution in [-0.2, 0) is 11.8 Å². The fraction of sp³-hybridized carbons (Fsp3) is 0.571. The summed E-state index contributed by atoms with van der Waals surface area (Å²) in [6.07, 6.45) is 5.50. The van der Waals surface area contributed by atoms with Gasteiger partial charge in [0.1, 0.15) is 0 Å². The van der Waals surface area contributed by atoms with Crippen LogP contribution in [0.4, 0.5) is 0 Å². The van der Waals surface area contributed by atoms with Crippen LogP contribution in [0, 0.1) is 5.41 Å². The molecule has 0 bridgehead atoms. The summed E-state index contributed by atoms with van der Waals surface area (Å²) in [4.78, 5) is 0. The van der Waals surface area contributed by atoms with Crippen molar-refractivity contribution in [3.63, 3.8) is 0 Å². The van der Waals surface area contributed by atoms with E-state index in [-0.39, 0.29) is 0 Å². The summed E-state index contributed by atoms with van der Waals surface area (Å²) in [7, 11) is 0. The molecule has 1 aromatic rings. The molecule has 0 radical (unpaired) electrons. The molecule has 1 aromatic carbocycles. The Kier molecular flexibility index (Phi) is 1.47. The lowest BCUT2D eigenvalue weighted by Crippen LogP contribution is -2.21. The molecule has 2 aliphatic rings. The Morgan fingerprint density at radius 2 is 1.86 bits per heavy atom. The zero-order valence-electron chi connectivity index (χ0n) is 9.14. The topological polar surface area (TPSA) is 0 Å². The third kappa shape index (κ3) is 0.893. The molecule has 0 aromatic heterocycles.